The van der Waals surface area contributed by atoms with E-state index in [1.165, 1.54) is 12.3 Å². The summed E-state index contributed by atoms with van der Waals surface area (Å²) in [5, 5.41) is 10.9. The Bertz CT molecular complexity index is 605. The molecule has 0 aliphatic heterocycles. The Balaban J connectivity index is 2.37. The summed E-state index contributed by atoms with van der Waals surface area (Å²) in [4.78, 5) is 14.2. The maximum Gasteiger partial charge on any atom is 0.332 e. The van der Waals surface area contributed by atoms with Crippen molar-refractivity contribution < 1.29 is 9.66 Å². The highest BCUT2D eigenvalue weighted by Gasteiger charge is 2.18. The summed E-state index contributed by atoms with van der Waals surface area (Å²) in [6.07, 6.45) is 1.44. The highest BCUT2D eigenvalue weighted by Crippen LogP contribution is 2.31. The fourth-order valence-corrected chi connectivity index (χ4v) is 1.97. The average Bonchev–Trinajstić information content (AvgIpc) is 2.31. The molecule has 0 fully saturated rings. The molecule has 7 heteroatoms. The van der Waals surface area contributed by atoms with Crippen molar-refractivity contribution in [3.05, 3.63) is 55.6 Å². The monoisotopic (exact) mass is 372 g/mol. The molecule has 0 bridgehead atoms. The van der Waals surface area contributed by atoms with Gasteiger partial charge in [0.05, 0.1) is 4.92 Å². The van der Waals surface area contributed by atoms with Crippen molar-refractivity contribution >= 4 is 37.5 Å². The largest absolute Gasteiger partial charge is 0.434 e. The normalized spacial score (nSPS) is 10.1. The first kappa shape index (κ1) is 13.0. The molecular weight excluding hydrogens is 368 g/mol. The Morgan fingerprint density at radius 3 is 2.67 bits per heavy atom. The highest BCUT2D eigenvalue weighted by atomic mass is 79.9. The van der Waals surface area contributed by atoms with Crippen LogP contribution in [0.4, 0.5) is 5.69 Å². The van der Waals surface area contributed by atoms with Gasteiger partial charge in [0.15, 0.2) is 0 Å². The lowest BCUT2D eigenvalue weighted by molar-refractivity contribution is -0.386. The average molecular weight is 374 g/mol. The van der Waals surface area contributed by atoms with E-state index in [9.17, 15) is 10.1 Å². The van der Waals surface area contributed by atoms with Crippen molar-refractivity contribution in [2.45, 2.75) is 0 Å². The summed E-state index contributed by atoms with van der Waals surface area (Å²) in [5.41, 5.74) is -0.190. The first-order valence-electron chi connectivity index (χ1n) is 4.79. The van der Waals surface area contributed by atoms with Crippen molar-refractivity contribution in [2.24, 2.45) is 0 Å². The number of pyridine rings is 1. The van der Waals surface area contributed by atoms with Crippen molar-refractivity contribution in [3.63, 3.8) is 0 Å². The second-order valence-corrected chi connectivity index (χ2v) is 5.13. The molecule has 0 aliphatic rings. The number of nitrogens with zero attached hydrogens (tertiary/aromatic N) is 2. The maximum absolute atomic E-state index is 10.9. The number of halogens is 2. The van der Waals surface area contributed by atoms with Gasteiger partial charge in [-0.3, -0.25) is 10.1 Å². The van der Waals surface area contributed by atoms with Crippen LogP contribution in [-0.4, -0.2) is 9.91 Å². The van der Waals surface area contributed by atoms with E-state index in [0.717, 1.165) is 4.47 Å². The van der Waals surface area contributed by atoms with E-state index in [1.807, 2.05) is 6.07 Å². The molecule has 0 unspecified atom stereocenters. The first-order chi connectivity index (χ1) is 8.56. The summed E-state index contributed by atoms with van der Waals surface area (Å²) in [7, 11) is 0. The third kappa shape index (κ3) is 3.05. The van der Waals surface area contributed by atoms with Crippen LogP contribution in [0.1, 0.15) is 0 Å². The smallest absolute Gasteiger partial charge is 0.332 e. The Labute approximate surface area is 119 Å². The van der Waals surface area contributed by atoms with Crippen LogP contribution >= 0.6 is 31.9 Å². The summed E-state index contributed by atoms with van der Waals surface area (Å²) in [5.74, 6) is 0.434. The van der Waals surface area contributed by atoms with Crippen LogP contribution in [0.2, 0.25) is 0 Å². The van der Waals surface area contributed by atoms with Crippen molar-refractivity contribution in [3.8, 4) is 11.6 Å². The van der Waals surface area contributed by atoms with Crippen LogP contribution in [0.15, 0.2) is 45.5 Å². The Kier molecular flexibility index (Phi) is 3.93. The molecule has 1 aromatic heterocycles. The minimum Gasteiger partial charge on any atom is -0.434 e. The summed E-state index contributed by atoms with van der Waals surface area (Å²) < 4.78 is 6.75. The number of hydrogen-bond acceptors (Lipinski definition) is 4. The zero-order valence-corrected chi connectivity index (χ0v) is 12.0. The minimum atomic E-state index is -0.537. The standard InChI is InChI=1S/C11H6Br2N2O3/c12-7-2-1-3-9(4-7)18-11-10(15(16)17)5-8(13)6-14-11/h1-6H. The van der Waals surface area contributed by atoms with E-state index in [-0.39, 0.29) is 11.6 Å². The summed E-state index contributed by atoms with van der Waals surface area (Å²) in [6.45, 7) is 0. The van der Waals surface area contributed by atoms with Crippen LogP contribution in [0, 0.1) is 10.1 Å². The van der Waals surface area contributed by atoms with Gasteiger partial charge in [-0.2, -0.15) is 0 Å². The molecular formula is C11H6Br2N2O3. The van der Waals surface area contributed by atoms with Gasteiger partial charge in [-0.1, -0.05) is 22.0 Å². The van der Waals surface area contributed by atoms with E-state index in [4.69, 9.17) is 4.74 Å². The van der Waals surface area contributed by atoms with Crippen molar-refractivity contribution in [1.29, 1.82) is 0 Å². The third-order valence-electron chi connectivity index (χ3n) is 2.01. The van der Waals surface area contributed by atoms with Gasteiger partial charge >= 0.3 is 5.69 Å². The fourth-order valence-electron chi connectivity index (χ4n) is 1.27. The predicted octanol–water partition coefficient (Wildman–Crippen LogP) is 4.31. The lowest BCUT2D eigenvalue weighted by atomic mass is 10.3. The molecule has 0 spiro atoms. The molecule has 1 heterocycles. The van der Waals surface area contributed by atoms with Gasteiger partial charge < -0.3 is 4.74 Å². The Morgan fingerprint density at radius 2 is 2.00 bits per heavy atom. The maximum atomic E-state index is 10.9. The number of rotatable bonds is 3. The van der Waals surface area contributed by atoms with Gasteiger partial charge in [-0.05, 0) is 34.1 Å². The number of aromatic nitrogens is 1. The molecule has 0 radical (unpaired) electrons. The zero-order chi connectivity index (χ0) is 13.1. The van der Waals surface area contributed by atoms with E-state index in [0.29, 0.717) is 10.2 Å². The Hall–Kier alpha value is -1.47. The molecule has 2 rings (SSSR count). The summed E-state index contributed by atoms with van der Waals surface area (Å²) >= 11 is 6.42. The van der Waals surface area contributed by atoms with E-state index >= 15 is 0 Å². The molecule has 0 atom stereocenters. The molecule has 2 aromatic rings. The predicted molar refractivity (Wildman–Crippen MR) is 72.8 cm³/mol. The first-order valence-corrected chi connectivity index (χ1v) is 6.38. The molecule has 0 saturated carbocycles. The van der Waals surface area contributed by atoms with E-state index in [1.54, 1.807) is 18.2 Å². The number of hydrogen-bond donors (Lipinski definition) is 0. The van der Waals surface area contributed by atoms with E-state index < -0.39 is 4.92 Å². The number of nitro groups is 1. The third-order valence-corrected chi connectivity index (χ3v) is 2.93. The second kappa shape index (κ2) is 5.45. The number of benzene rings is 1. The van der Waals surface area contributed by atoms with Crippen molar-refractivity contribution in [2.75, 3.05) is 0 Å². The van der Waals surface area contributed by atoms with Crippen LogP contribution < -0.4 is 4.74 Å². The molecule has 5 nitrogen and oxygen atoms in total. The fraction of sp³-hybridized carbons (Fsp3) is 0. The van der Waals surface area contributed by atoms with Crippen LogP contribution in [0.5, 0.6) is 11.6 Å². The molecule has 18 heavy (non-hydrogen) atoms. The lowest BCUT2D eigenvalue weighted by Crippen LogP contribution is -1.96. The van der Waals surface area contributed by atoms with Gasteiger partial charge in [-0.15, -0.1) is 0 Å². The van der Waals surface area contributed by atoms with Gasteiger partial charge in [0.1, 0.15) is 5.75 Å². The quantitative estimate of drug-likeness (QED) is 0.594. The molecule has 0 N–H and O–H groups in total. The Morgan fingerprint density at radius 1 is 1.22 bits per heavy atom. The van der Waals surface area contributed by atoms with Gasteiger partial charge in [0.25, 0.3) is 5.88 Å². The second-order valence-electron chi connectivity index (χ2n) is 3.29. The van der Waals surface area contributed by atoms with Crippen LogP contribution in [0.3, 0.4) is 0 Å². The zero-order valence-electron chi connectivity index (χ0n) is 8.84. The molecule has 92 valence electrons. The number of ether oxygens (including phenoxy) is 1. The van der Waals surface area contributed by atoms with E-state index in [2.05, 4.69) is 36.8 Å². The molecule has 1 aromatic carbocycles. The molecule has 0 saturated heterocycles. The van der Waals surface area contributed by atoms with Gasteiger partial charge in [0.2, 0.25) is 0 Å². The highest BCUT2D eigenvalue weighted by molar-refractivity contribution is 9.10. The minimum absolute atomic E-state index is 0.0405. The van der Waals surface area contributed by atoms with Crippen LogP contribution in [-0.2, 0) is 0 Å². The van der Waals surface area contributed by atoms with Gasteiger partial charge in [-0.25, -0.2) is 4.98 Å². The van der Waals surface area contributed by atoms with Gasteiger partial charge in [0, 0.05) is 21.2 Å². The lowest BCUT2D eigenvalue weighted by Gasteiger charge is -2.05. The van der Waals surface area contributed by atoms with Crippen LogP contribution in [0.25, 0.3) is 0 Å². The summed E-state index contributed by atoms with van der Waals surface area (Å²) in [6, 6.07) is 8.34. The molecule has 0 amide bonds. The topological polar surface area (TPSA) is 65.3 Å². The SMILES string of the molecule is O=[N+]([O-])c1cc(Br)cnc1Oc1cccc(Br)c1. The van der Waals surface area contributed by atoms with Crippen molar-refractivity contribution in [1.82, 2.24) is 4.98 Å². The molecule has 0 aliphatic carbocycles.